The molecule has 1 aliphatic carbocycles. The molecule has 0 saturated heterocycles. The van der Waals surface area contributed by atoms with Crippen molar-refractivity contribution in [3.05, 3.63) is 28.6 Å². The minimum atomic E-state index is -1.15. The van der Waals surface area contributed by atoms with E-state index in [1.165, 1.54) is 24.5 Å². The first-order valence-electron chi connectivity index (χ1n) is 11.0. The molecule has 1 aromatic carbocycles. The predicted octanol–water partition coefficient (Wildman–Crippen LogP) is 5.13. The van der Waals surface area contributed by atoms with E-state index in [1.54, 1.807) is 12.1 Å². The van der Waals surface area contributed by atoms with Gasteiger partial charge in [0.15, 0.2) is 11.6 Å². The van der Waals surface area contributed by atoms with Crippen molar-refractivity contribution in [2.24, 2.45) is 11.3 Å². The third-order valence-electron chi connectivity index (χ3n) is 5.33. The lowest BCUT2D eigenvalue weighted by atomic mass is 9.96. The largest absolute Gasteiger partial charge is 0.493 e. The fourth-order valence-electron chi connectivity index (χ4n) is 3.48. The maximum Gasteiger partial charge on any atom is 0.412 e. The van der Waals surface area contributed by atoms with Gasteiger partial charge in [-0.05, 0) is 48.8 Å². The molecule has 1 amide bonds. The Morgan fingerprint density at radius 1 is 1.23 bits per heavy atom. The molecule has 7 heteroatoms. The summed E-state index contributed by atoms with van der Waals surface area (Å²) in [5, 5.41) is 10.8. The van der Waals surface area contributed by atoms with E-state index in [2.05, 4.69) is 6.92 Å². The van der Waals surface area contributed by atoms with Crippen molar-refractivity contribution in [3.8, 4) is 11.5 Å². The molecular weight excluding hydrogens is 396 g/mol. The van der Waals surface area contributed by atoms with Crippen LogP contribution >= 0.6 is 0 Å². The third kappa shape index (κ3) is 5.51. The molecule has 1 fully saturated rings. The van der Waals surface area contributed by atoms with Crippen LogP contribution in [0.4, 0.5) is 10.6 Å². The summed E-state index contributed by atoms with van der Waals surface area (Å²) in [6, 6.07) is 5.38. The highest BCUT2D eigenvalue weighted by Gasteiger charge is 2.27. The van der Waals surface area contributed by atoms with Gasteiger partial charge in [0.2, 0.25) is 0 Å². The lowest BCUT2D eigenvalue weighted by Gasteiger charge is -2.28. The molecule has 1 saturated carbocycles. The number of aromatic nitrogens is 1. The number of amides is 1. The average molecular weight is 431 g/mol. The van der Waals surface area contributed by atoms with Crippen LogP contribution in [0.2, 0.25) is 0 Å². The summed E-state index contributed by atoms with van der Waals surface area (Å²) in [6.45, 7) is 9.56. The molecule has 7 nitrogen and oxygen atoms in total. The molecule has 1 N–H and O–H groups in total. The summed E-state index contributed by atoms with van der Waals surface area (Å²) < 4.78 is 13.6. The minimum Gasteiger partial charge on any atom is -0.493 e. The van der Waals surface area contributed by atoms with E-state index in [4.69, 9.17) is 9.47 Å². The molecule has 1 aromatic heterocycles. The first kappa shape index (κ1) is 23.0. The molecule has 0 aliphatic heterocycles. The maximum absolute atomic E-state index is 13.5. The van der Waals surface area contributed by atoms with Gasteiger partial charge < -0.3 is 14.6 Å². The molecule has 31 heavy (non-hydrogen) atoms. The van der Waals surface area contributed by atoms with Crippen LogP contribution in [-0.2, 0) is 6.54 Å². The van der Waals surface area contributed by atoms with Gasteiger partial charge in [-0.3, -0.25) is 14.3 Å². The van der Waals surface area contributed by atoms with Crippen LogP contribution in [0, 0.1) is 11.3 Å². The molecule has 1 aliphatic rings. The van der Waals surface area contributed by atoms with Gasteiger partial charge in [0.25, 0.3) is 5.56 Å². The fourth-order valence-corrected chi connectivity index (χ4v) is 3.48. The molecule has 0 unspecified atom stereocenters. The molecule has 2 aromatic rings. The van der Waals surface area contributed by atoms with Crippen molar-refractivity contribution in [1.29, 1.82) is 0 Å². The summed E-state index contributed by atoms with van der Waals surface area (Å²) in [6.07, 6.45) is 2.99. The quantitative estimate of drug-likeness (QED) is 0.558. The number of ether oxygens (including phenoxy) is 2. The Labute approximate surface area is 183 Å². The van der Waals surface area contributed by atoms with E-state index in [1.807, 2.05) is 26.8 Å². The molecule has 3 rings (SSSR count). The molecule has 1 heterocycles. The van der Waals surface area contributed by atoms with Crippen LogP contribution in [-0.4, -0.2) is 36.0 Å². The highest BCUT2D eigenvalue weighted by atomic mass is 16.5. The molecule has 170 valence electrons. The van der Waals surface area contributed by atoms with Crippen molar-refractivity contribution in [1.82, 2.24) is 4.57 Å². The number of carbonyl (C=O) groups is 1. The van der Waals surface area contributed by atoms with Crippen molar-refractivity contribution < 1.29 is 19.4 Å². The van der Waals surface area contributed by atoms with Crippen molar-refractivity contribution >= 4 is 22.7 Å². The van der Waals surface area contributed by atoms with Gasteiger partial charge in [-0.25, -0.2) is 4.79 Å². The highest BCUT2D eigenvalue weighted by molar-refractivity contribution is 5.97. The van der Waals surface area contributed by atoms with E-state index in [0.29, 0.717) is 47.9 Å². The summed E-state index contributed by atoms with van der Waals surface area (Å²) in [7, 11) is 1.45. The molecule has 0 bridgehead atoms. The first-order valence-corrected chi connectivity index (χ1v) is 11.0. The second-order valence-electron chi connectivity index (χ2n) is 9.61. The molecule has 0 atom stereocenters. The Bertz CT molecular complexity index is 1000. The van der Waals surface area contributed by atoms with E-state index >= 15 is 0 Å². The topological polar surface area (TPSA) is 81.0 Å². The Balaban J connectivity index is 2.23. The summed E-state index contributed by atoms with van der Waals surface area (Å²) >= 11 is 0. The standard InChI is InChI=1S/C24H34N2O5/c1-6-7-12-30-20-19-13-17(31-14-16-8-9-16)10-11-18(19)22(27)26(15-24(2,3)4)21(20)25(5)23(28)29/h10-11,13,16H,6-9,12,14-15H2,1-5H3,(H,28,29). The van der Waals surface area contributed by atoms with E-state index < -0.39 is 6.09 Å². The Morgan fingerprint density at radius 2 is 1.94 bits per heavy atom. The number of hydrogen-bond donors (Lipinski definition) is 1. The maximum atomic E-state index is 13.5. The molecule has 0 spiro atoms. The lowest BCUT2D eigenvalue weighted by Crippen LogP contribution is -2.35. The van der Waals surface area contributed by atoms with Gasteiger partial charge in [0.05, 0.1) is 18.6 Å². The van der Waals surface area contributed by atoms with Gasteiger partial charge in [-0.2, -0.15) is 0 Å². The normalized spacial score (nSPS) is 14.0. The number of benzene rings is 1. The zero-order chi connectivity index (χ0) is 22.8. The van der Waals surface area contributed by atoms with Crippen LogP contribution in [0.25, 0.3) is 10.8 Å². The number of fused-ring (bicyclic) bond motifs is 1. The zero-order valence-electron chi connectivity index (χ0n) is 19.2. The minimum absolute atomic E-state index is 0.232. The van der Waals surface area contributed by atoms with E-state index in [9.17, 15) is 14.7 Å². The number of unbranched alkanes of at least 4 members (excludes halogenated alkanes) is 1. The predicted molar refractivity (Wildman–Crippen MR) is 123 cm³/mol. The summed E-state index contributed by atoms with van der Waals surface area (Å²) in [5.74, 6) is 1.94. The molecule has 0 radical (unpaired) electrons. The number of rotatable bonds is 9. The van der Waals surface area contributed by atoms with Crippen LogP contribution in [0.5, 0.6) is 11.5 Å². The number of anilines is 1. The third-order valence-corrected chi connectivity index (χ3v) is 5.33. The van der Waals surface area contributed by atoms with Gasteiger partial charge in [0, 0.05) is 19.0 Å². The van der Waals surface area contributed by atoms with Gasteiger partial charge >= 0.3 is 6.09 Å². The lowest BCUT2D eigenvalue weighted by molar-refractivity contribution is 0.202. The SMILES string of the molecule is CCCCOc1c(N(C)C(=O)O)n(CC(C)(C)C)c(=O)c2ccc(OCC3CC3)cc12. The summed E-state index contributed by atoms with van der Waals surface area (Å²) in [4.78, 5) is 26.5. The summed E-state index contributed by atoms with van der Waals surface area (Å²) in [5.41, 5.74) is -0.468. The number of carboxylic acid groups (broad SMARTS) is 1. The van der Waals surface area contributed by atoms with E-state index in [0.717, 1.165) is 17.7 Å². The second kappa shape index (κ2) is 9.20. The van der Waals surface area contributed by atoms with Gasteiger partial charge in [0.1, 0.15) is 5.75 Å². The Hall–Kier alpha value is -2.70. The van der Waals surface area contributed by atoms with E-state index in [-0.39, 0.29) is 16.8 Å². The Kier molecular flexibility index (Phi) is 6.82. The van der Waals surface area contributed by atoms with Crippen LogP contribution in [0.1, 0.15) is 53.4 Å². The van der Waals surface area contributed by atoms with Gasteiger partial charge in [-0.15, -0.1) is 0 Å². The number of pyridine rings is 1. The second-order valence-corrected chi connectivity index (χ2v) is 9.61. The van der Waals surface area contributed by atoms with Crippen LogP contribution in [0.15, 0.2) is 23.0 Å². The number of nitrogens with zero attached hydrogens (tertiary/aromatic N) is 2. The first-order chi connectivity index (χ1) is 14.6. The zero-order valence-corrected chi connectivity index (χ0v) is 19.2. The van der Waals surface area contributed by atoms with Crippen molar-refractivity contribution in [2.45, 2.75) is 59.9 Å². The monoisotopic (exact) mass is 430 g/mol. The van der Waals surface area contributed by atoms with Crippen molar-refractivity contribution in [2.75, 3.05) is 25.2 Å². The fraction of sp³-hybridized carbons (Fsp3) is 0.583. The highest BCUT2D eigenvalue weighted by Crippen LogP contribution is 2.38. The molecular formula is C24H34N2O5. The van der Waals surface area contributed by atoms with Crippen molar-refractivity contribution in [3.63, 3.8) is 0 Å². The smallest absolute Gasteiger partial charge is 0.412 e. The van der Waals surface area contributed by atoms with Crippen LogP contribution < -0.4 is 19.9 Å². The number of hydrogen-bond acceptors (Lipinski definition) is 4. The Morgan fingerprint density at radius 3 is 2.52 bits per heavy atom. The van der Waals surface area contributed by atoms with Crippen LogP contribution in [0.3, 0.4) is 0 Å². The average Bonchev–Trinajstić information content (AvgIpc) is 3.52. The van der Waals surface area contributed by atoms with Gasteiger partial charge in [-0.1, -0.05) is 34.1 Å².